The SMILES string of the molecule is [CH2]Cc1[nH]c(C(N)=O)nc1C. The van der Waals surface area contributed by atoms with Crippen molar-refractivity contribution < 1.29 is 4.79 Å². The number of H-pyrrole nitrogens is 1. The molecule has 0 fully saturated rings. The van der Waals surface area contributed by atoms with E-state index in [4.69, 9.17) is 5.73 Å². The standard InChI is InChI=1S/C7H10N3O/c1-3-5-4(2)9-7(10-5)6(8)11/h1,3H2,2H3,(H2,8,11)(H,9,10). The zero-order chi connectivity index (χ0) is 8.43. The van der Waals surface area contributed by atoms with E-state index in [1.807, 2.05) is 6.92 Å². The summed E-state index contributed by atoms with van der Waals surface area (Å²) < 4.78 is 0. The van der Waals surface area contributed by atoms with Gasteiger partial charge in [0.25, 0.3) is 5.91 Å². The molecule has 0 aliphatic heterocycles. The summed E-state index contributed by atoms with van der Waals surface area (Å²) in [4.78, 5) is 17.3. The van der Waals surface area contributed by atoms with Crippen LogP contribution in [-0.2, 0) is 6.42 Å². The molecule has 0 bridgehead atoms. The first kappa shape index (κ1) is 7.78. The van der Waals surface area contributed by atoms with Gasteiger partial charge in [-0.1, -0.05) is 0 Å². The van der Waals surface area contributed by atoms with Gasteiger partial charge in [-0.2, -0.15) is 0 Å². The van der Waals surface area contributed by atoms with E-state index in [1.165, 1.54) is 0 Å². The fourth-order valence-electron chi connectivity index (χ4n) is 0.857. The molecule has 1 heterocycles. The van der Waals surface area contributed by atoms with Gasteiger partial charge in [0.2, 0.25) is 0 Å². The fourth-order valence-corrected chi connectivity index (χ4v) is 0.857. The van der Waals surface area contributed by atoms with Crippen LogP contribution in [-0.4, -0.2) is 15.9 Å². The van der Waals surface area contributed by atoms with Gasteiger partial charge in [0, 0.05) is 5.69 Å². The van der Waals surface area contributed by atoms with Crippen LogP contribution in [0.15, 0.2) is 0 Å². The number of nitrogens with zero attached hydrogens (tertiary/aromatic N) is 1. The van der Waals surface area contributed by atoms with E-state index in [0.717, 1.165) is 11.4 Å². The van der Waals surface area contributed by atoms with Crippen molar-refractivity contribution in [3.05, 3.63) is 24.1 Å². The lowest BCUT2D eigenvalue weighted by molar-refractivity contribution is 0.0991. The van der Waals surface area contributed by atoms with E-state index in [1.54, 1.807) is 0 Å². The average Bonchev–Trinajstić information content (AvgIpc) is 2.31. The molecule has 4 heteroatoms. The Labute approximate surface area is 64.8 Å². The van der Waals surface area contributed by atoms with Crippen LogP contribution in [0.5, 0.6) is 0 Å². The number of nitrogens with two attached hydrogens (primary N) is 1. The molecule has 0 atom stereocenters. The van der Waals surface area contributed by atoms with E-state index in [2.05, 4.69) is 16.9 Å². The zero-order valence-corrected chi connectivity index (χ0v) is 6.35. The maximum Gasteiger partial charge on any atom is 0.284 e. The highest BCUT2D eigenvalue weighted by molar-refractivity contribution is 5.89. The molecule has 1 amide bonds. The molecule has 0 aliphatic carbocycles. The summed E-state index contributed by atoms with van der Waals surface area (Å²) in [5, 5.41) is 0. The van der Waals surface area contributed by atoms with Crippen molar-refractivity contribution in [3.63, 3.8) is 0 Å². The number of carbonyl (C=O) groups is 1. The minimum absolute atomic E-state index is 0.209. The molecular formula is C7H10N3O. The Bertz CT molecular complexity index is 277. The first-order valence-corrected chi connectivity index (χ1v) is 3.29. The topological polar surface area (TPSA) is 71.8 Å². The predicted molar refractivity (Wildman–Crippen MR) is 40.9 cm³/mol. The van der Waals surface area contributed by atoms with E-state index in [-0.39, 0.29) is 5.82 Å². The molecular weight excluding hydrogens is 142 g/mol. The van der Waals surface area contributed by atoms with Gasteiger partial charge in [-0.3, -0.25) is 4.79 Å². The molecule has 4 nitrogen and oxygen atoms in total. The van der Waals surface area contributed by atoms with Gasteiger partial charge in [0.15, 0.2) is 5.82 Å². The molecule has 0 aromatic carbocycles. The monoisotopic (exact) mass is 152 g/mol. The zero-order valence-electron chi connectivity index (χ0n) is 6.35. The molecule has 0 saturated heterocycles. The third-order valence-electron chi connectivity index (χ3n) is 1.47. The molecule has 0 unspecified atom stereocenters. The summed E-state index contributed by atoms with van der Waals surface area (Å²) in [5.74, 6) is -0.325. The van der Waals surface area contributed by atoms with Crippen LogP contribution in [0.1, 0.15) is 22.0 Å². The number of nitrogens with one attached hydrogen (secondary N) is 1. The first-order chi connectivity index (χ1) is 5.15. The second-order valence-electron chi connectivity index (χ2n) is 2.26. The van der Waals surface area contributed by atoms with Gasteiger partial charge < -0.3 is 10.7 Å². The number of aromatic amines is 1. The fraction of sp³-hybridized carbons (Fsp3) is 0.286. The highest BCUT2D eigenvalue weighted by Crippen LogP contribution is 2.03. The second kappa shape index (κ2) is 2.74. The van der Waals surface area contributed by atoms with Crippen molar-refractivity contribution in [2.24, 2.45) is 5.73 Å². The molecule has 1 radical (unpaired) electrons. The van der Waals surface area contributed by atoms with Crippen LogP contribution < -0.4 is 5.73 Å². The number of hydrogen-bond donors (Lipinski definition) is 2. The molecule has 59 valence electrons. The lowest BCUT2D eigenvalue weighted by Gasteiger charge is -1.87. The number of imidazole rings is 1. The number of primary amides is 1. The summed E-state index contributed by atoms with van der Waals surface area (Å²) in [6.07, 6.45) is 0.589. The maximum atomic E-state index is 10.6. The Hall–Kier alpha value is -1.32. The summed E-state index contributed by atoms with van der Waals surface area (Å²) in [5.41, 5.74) is 6.64. The smallest absolute Gasteiger partial charge is 0.284 e. The van der Waals surface area contributed by atoms with Crippen molar-refractivity contribution in [1.29, 1.82) is 0 Å². The maximum absolute atomic E-state index is 10.6. The number of rotatable bonds is 2. The van der Waals surface area contributed by atoms with Crippen LogP contribution in [0.25, 0.3) is 0 Å². The quantitative estimate of drug-likeness (QED) is 0.635. The van der Waals surface area contributed by atoms with Gasteiger partial charge in [-0.05, 0) is 20.3 Å². The molecule has 1 aromatic heterocycles. The van der Waals surface area contributed by atoms with E-state index in [0.29, 0.717) is 6.42 Å². The predicted octanol–water partition coefficient (Wildman–Crippen LogP) is 0.194. The van der Waals surface area contributed by atoms with Crippen molar-refractivity contribution in [2.75, 3.05) is 0 Å². The highest BCUT2D eigenvalue weighted by atomic mass is 16.1. The van der Waals surface area contributed by atoms with Crippen LogP contribution >= 0.6 is 0 Å². The Balaban J connectivity index is 3.05. The van der Waals surface area contributed by atoms with Crippen molar-refractivity contribution >= 4 is 5.91 Å². The summed E-state index contributed by atoms with van der Waals surface area (Å²) in [7, 11) is 0. The Morgan fingerprint density at radius 3 is 2.73 bits per heavy atom. The number of hydrogen-bond acceptors (Lipinski definition) is 2. The van der Waals surface area contributed by atoms with Crippen molar-refractivity contribution in [1.82, 2.24) is 9.97 Å². The lowest BCUT2D eigenvalue weighted by atomic mass is 10.3. The molecule has 0 aliphatic rings. The molecule has 1 aromatic rings. The van der Waals surface area contributed by atoms with Gasteiger partial charge in [0.1, 0.15) is 0 Å². The van der Waals surface area contributed by atoms with Crippen LogP contribution in [0.2, 0.25) is 0 Å². The number of aromatic nitrogens is 2. The molecule has 11 heavy (non-hydrogen) atoms. The van der Waals surface area contributed by atoms with Crippen molar-refractivity contribution in [2.45, 2.75) is 13.3 Å². The Morgan fingerprint density at radius 1 is 1.82 bits per heavy atom. The molecule has 3 N–H and O–H groups in total. The largest absolute Gasteiger partial charge is 0.363 e. The molecule has 0 saturated carbocycles. The minimum Gasteiger partial charge on any atom is -0.363 e. The third kappa shape index (κ3) is 1.39. The normalized spacial score (nSPS) is 10.0. The Kier molecular flexibility index (Phi) is 1.94. The third-order valence-corrected chi connectivity index (χ3v) is 1.47. The Morgan fingerprint density at radius 2 is 2.45 bits per heavy atom. The van der Waals surface area contributed by atoms with Crippen molar-refractivity contribution in [3.8, 4) is 0 Å². The van der Waals surface area contributed by atoms with Gasteiger partial charge in [0.05, 0.1) is 5.69 Å². The summed E-state index contributed by atoms with van der Waals surface area (Å²) in [6, 6.07) is 0. The van der Waals surface area contributed by atoms with E-state index >= 15 is 0 Å². The van der Waals surface area contributed by atoms with Crippen LogP contribution in [0, 0.1) is 13.8 Å². The summed E-state index contributed by atoms with van der Waals surface area (Å²) in [6.45, 7) is 5.48. The average molecular weight is 152 g/mol. The van der Waals surface area contributed by atoms with Crippen LogP contribution in [0.3, 0.4) is 0 Å². The minimum atomic E-state index is -0.534. The van der Waals surface area contributed by atoms with Gasteiger partial charge in [-0.25, -0.2) is 4.98 Å². The van der Waals surface area contributed by atoms with E-state index in [9.17, 15) is 4.79 Å². The van der Waals surface area contributed by atoms with Crippen LogP contribution in [0.4, 0.5) is 0 Å². The molecule has 0 spiro atoms. The molecule has 1 rings (SSSR count). The first-order valence-electron chi connectivity index (χ1n) is 3.29. The number of aryl methyl sites for hydroxylation is 1. The number of amides is 1. The second-order valence-corrected chi connectivity index (χ2v) is 2.26. The lowest BCUT2D eigenvalue weighted by Crippen LogP contribution is -2.12. The van der Waals surface area contributed by atoms with E-state index < -0.39 is 5.91 Å². The summed E-state index contributed by atoms with van der Waals surface area (Å²) >= 11 is 0. The van der Waals surface area contributed by atoms with Gasteiger partial charge >= 0.3 is 0 Å². The number of carbonyl (C=O) groups excluding carboxylic acids is 1. The highest BCUT2D eigenvalue weighted by Gasteiger charge is 2.07. The van der Waals surface area contributed by atoms with Gasteiger partial charge in [-0.15, -0.1) is 0 Å².